The van der Waals surface area contributed by atoms with Gasteiger partial charge in [-0.05, 0) is 35.7 Å². The first-order valence-corrected chi connectivity index (χ1v) is 6.23. The van der Waals surface area contributed by atoms with Gasteiger partial charge >= 0.3 is 0 Å². The second-order valence-corrected chi connectivity index (χ2v) is 4.89. The van der Waals surface area contributed by atoms with Gasteiger partial charge in [0.25, 0.3) is 0 Å². The Labute approximate surface area is 94.1 Å². The molecular weight excluding hydrogens is 210 g/mol. The maximum absolute atomic E-state index is 9.58. The summed E-state index contributed by atoms with van der Waals surface area (Å²) < 4.78 is 5.20. The molecule has 0 aliphatic carbocycles. The van der Waals surface area contributed by atoms with Gasteiger partial charge in [-0.2, -0.15) is 11.3 Å². The quantitative estimate of drug-likeness (QED) is 0.807. The van der Waals surface area contributed by atoms with Crippen LogP contribution in [0.2, 0.25) is 0 Å². The van der Waals surface area contributed by atoms with Crippen molar-refractivity contribution in [3.8, 4) is 0 Å². The lowest BCUT2D eigenvalue weighted by molar-refractivity contribution is 0.121. The van der Waals surface area contributed by atoms with Crippen LogP contribution in [0.3, 0.4) is 0 Å². The Balaban J connectivity index is 1.79. The maximum Gasteiger partial charge on any atom is 0.0948 e. The zero-order chi connectivity index (χ0) is 10.7. The van der Waals surface area contributed by atoms with Gasteiger partial charge in [-0.3, -0.25) is 0 Å². The predicted octanol–water partition coefficient (Wildman–Crippen LogP) is 1.03. The highest BCUT2D eigenvalue weighted by Crippen LogP contribution is 2.11. The molecular formula is C11H17NO2S. The Hall–Kier alpha value is -0.420. The Morgan fingerprint density at radius 2 is 2.53 bits per heavy atom. The third kappa shape index (κ3) is 3.01. The minimum atomic E-state index is -0.352. The van der Waals surface area contributed by atoms with Gasteiger partial charge in [0, 0.05) is 6.04 Å². The highest BCUT2D eigenvalue weighted by molar-refractivity contribution is 7.07. The first kappa shape index (κ1) is 11.1. The summed E-state index contributed by atoms with van der Waals surface area (Å²) in [5, 5.41) is 17.2. The lowest BCUT2D eigenvalue weighted by Gasteiger charge is -2.20. The van der Waals surface area contributed by atoms with E-state index in [-0.39, 0.29) is 12.1 Å². The molecule has 1 aromatic heterocycles. The van der Waals surface area contributed by atoms with Crippen LogP contribution in [0.15, 0.2) is 16.8 Å². The fraction of sp³-hybridized carbons (Fsp3) is 0.636. The van der Waals surface area contributed by atoms with E-state index in [1.807, 2.05) is 0 Å². The Morgan fingerprint density at radius 1 is 1.67 bits per heavy atom. The van der Waals surface area contributed by atoms with Crippen molar-refractivity contribution >= 4 is 11.3 Å². The van der Waals surface area contributed by atoms with E-state index in [1.165, 1.54) is 5.56 Å². The molecule has 2 rings (SSSR count). The highest BCUT2D eigenvalue weighted by atomic mass is 32.1. The van der Waals surface area contributed by atoms with Gasteiger partial charge in [0.15, 0.2) is 0 Å². The first-order valence-electron chi connectivity index (χ1n) is 5.28. The molecule has 1 saturated heterocycles. The van der Waals surface area contributed by atoms with Gasteiger partial charge in [0.1, 0.15) is 0 Å². The van der Waals surface area contributed by atoms with Crippen molar-refractivity contribution < 1.29 is 9.84 Å². The number of ether oxygens (including phenoxy) is 1. The molecule has 1 fully saturated rings. The van der Waals surface area contributed by atoms with Crippen molar-refractivity contribution in [3.05, 3.63) is 22.4 Å². The first-order chi connectivity index (χ1) is 7.25. The molecule has 84 valence electrons. The zero-order valence-corrected chi connectivity index (χ0v) is 9.67. The van der Waals surface area contributed by atoms with Crippen LogP contribution in [0.1, 0.15) is 12.5 Å². The van der Waals surface area contributed by atoms with Crippen molar-refractivity contribution in [2.24, 2.45) is 0 Å². The van der Waals surface area contributed by atoms with Crippen LogP contribution < -0.4 is 5.32 Å². The van der Waals surface area contributed by atoms with E-state index in [4.69, 9.17) is 4.74 Å². The second kappa shape index (κ2) is 5.07. The number of nitrogens with one attached hydrogen (secondary N) is 1. The van der Waals surface area contributed by atoms with E-state index in [0.29, 0.717) is 19.3 Å². The average molecular weight is 227 g/mol. The minimum Gasteiger partial charge on any atom is -0.389 e. The topological polar surface area (TPSA) is 41.5 Å². The number of hydrogen-bond acceptors (Lipinski definition) is 4. The second-order valence-electron chi connectivity index (χ2n) is 4.11. The van der Waals surface area contributed by atoms with Crippen LogP contribution in [-0.2, 0) is 11.2 Å². The number of thiophene rings is 1. The Kier molecular flexibility index (Phi) is 3.75. The Morgan fingerprint density at radius 3 is 3.13 bits per heavy atom. The van der Waals surface area contributed by atoms with Crippen LogP contribution in [0, 0.1) is 0 Å². The molecule has 0 aromatic carbocycles. The van der Waals surface area contributed by atoms with Crippen molar-refractivity contribution in [1.82, 2.24) is 5.32 Å². The molecule has 3 nitrogen and oxygen atoms in total. The summed E-state index contributed by atoms with van der Waals surface area (Å²) in [6.45, 7) is 3.22. The van der Waals surface area contributed by atoms with Crippen LogP contribution in [0.25, 0.3) is 0 Å². The third-order valence-electron chi connectivity index (χ3n) is 2.67. The highest BCUT2D eigenvalue weighted by Gasteiger charge is 2.26. The average Bonchev–Trinajstić information content (AvgIpc) is 2.79. The van der Waals surface area contributed by atoms with Crippen LogP contribution in [0.4, 0.5) is 0 Å². The lowest BCUT2D eigenvalue weighted by Crippen LogP contribution is -2.44. The molecule has 1 aliphatic rings. The summed E-state index contributed by atoms with van der Waals surface area (Å²) in [5.74, 6) is 0. The number of rotatable bonds is 4. The van der Waals surface area contributed by atoms with Crippen molar-refractivity contribution in [1.29, 1.82) is 0 Å². The van der Waals surface area contributed by atoms with Gasteiger partial charge < -0.3 is 15.2 Å². The van der Waals surface area contributed by atoms with Gasteiger partial charge in [-0.1, -0.05) is 0 Å². The van der Waals surface area contributed by atoms with Crippen LogP contribution in [-0.4, -0.2) is 36.5 Å². The van der Waals surface area contributed by atoms with E-state index in [0.717, 1.165) is 6.42 Å². The van der Waals surface area contributed by atoms with Crippen molar-refractivity contribution in [2.45, 2.75) is 31.5 Å². The number of aliphatic hydroxyl groups excluding tert-OH is 1. The van der Waals surface area contributed by atoms with E-state index in [2.05, 4.69) is 29.1 Å². The smallest absolute Gasteiger partial charge is 0.0948 e. The molecule has 0 amide bonds. The molecule has 3 atom stereocenters. The third-order valence-corrected chi connectivity index (χ3v) is 3.40. The van der Waals surface area contributed by atoms with Crippen molar-refractivity contribution in [2.75, 3.05) is 13.2 Å². The van der Waals surface area contributed by atoms with Gasteiger partial charge in [-0.25, -0.2) is 0 Å². The molecule has 1 aliphatic heterocycles. The molecule has 15 heavy (non-hydrogen) atoms. The molecule has 0 radical (unpaired) electrons. The summed E-state index contributed by atoms with van der Waals surface area (Å²) >= 11 is 1.72. The largest absolute Gasteiger partial charge is 0.389 e. The van der Waals surface area contributed by atoms with E-state index >= 15 is 0 Å². The van der Waals surface area contributed by atoms with Gasteiger partial charge in [0.2, 0.25) is 0 Å². The molecule has 0 saturated carbocycles. The minimum absolute atomic E-state index is 0.0960. The van der Waals surface area contributed by atoms with E-state index in [9.17, 15) is 5.11 Å². The monoisotopic (exact) mass is 227 g/mol. The number of hydrogen-bond donors (Lipinski definition) is 2. The molecule has 3 unspecified atom stereocenters. The molecule has 1 aromatic rings. The van der Waals surface area contributed by atoms with Crippen LogP contribution >= 0.6 is 11.3 Å². The van der Waals surface area contributed by atoms with E-state index in [1.54, 1.807) is 11.3 Å². The fourth-order valence-corrected chi connectivity index (χ4v) is 2.57. The molecule has 2 N–H and O–H groups in total. The summed E-state index contributed by atoms with van der Waals surface area (Å²) in [5.41, 5.74) is 1.36. The Bertz CT molecular complexity index is 289. The molecule has 4 heteroatoms. The summed E-state index contributed by atoms with van der Waals surface area (Å²) in [6, 6.07) is 2.62. The fourth-order valence-electron chi connectivity index (χ4n) is 1.89. The predicted molar refractivity (Wildman–Crippen MR) is 61.2 cm³/mol. The standard InChI is InChI=1S/C11H17NO2S/c1-8(4-9-2-3-15-7-9)12-10-5-14-6-11(10)13/h2-3,7-8,10-13H,4-6H2,1H3. The van der Waals surface area contributed by atoms with Crippen LogP contribution in [0.5, 0.6) is 0 Å². The van der Waals surface area contributed by atoms with Gasteiger partial charge in [-0.15, -0.1) is 0 Å². The molecule has 0 spiro atoms. The summed E-state index contributed by atoms with van der Waals surface area (Å²) in [4.78, 5) is 0. The van der Waals surface area contributed by atoms with Crippen molar-refractivity contribution in [3.63, 3.8) is 0 Å². The lowest BCUT2D eigenvalue weighted by atomic mass is 10.1. The van der Waals surface area contributed by atoms with Gasteiger partial charge in [0.05, 0.1) is 25.4 Å². The molecule has 0 bridgehead atoms. The number of aliphatic hydroxyl groups is 1. The summed E-state index contributed by atoms with van der Waals surface area (Å²) in [7, 11) is 0. The molecule has 2 heterocycles. The maximum atomic E-state index is 9.58. The normalized spacial score (nSPS) is 28.1. The zero-order valence-electron chi connectivity index (χ0n) is 8.85. The van der Waals surface area contributed by atoms with E-state index < -0.39 is 0 Å². The summed E-state index contributed by atoms with van der Waals surface area (Å²) in [6.07, 6.45) is 0.655. The SMILES string of the molecule is CC(Cc1ccsc1)NC1COCC1O.